The Bertz CT molecular complexity index is 340. The van der Waals surface area contributed by atoms with Gasteiger partial charge in [0.2, 0.25) is 5.78 Å². The Kier molecular flexibility index (Phi) is 4.69. The van der Waals surface area contributed by atoms with E-state index in [0.29, 0.717) is 12.3 Å². The van der Waals surface area contributed by atoms with Crippen molar-refractivity contribution < 1.29 is 0 Å². The largest absolute Gasteiger partial charge is 0.325 e. The van der Waals surface area contributed by atoms with Crippen LogP contribution in [0.2, 0.25) is 0 Å². The third-order valence-corrected chi connectivity index (χ3v) is 1.49. The Morgan fingerprint density at radius 3 is 2.77 bits per heavy atom. The van der Waals surface area contributed by atoms with E-state index in [-0.39, 0.29) is 24.8 Å². The molecule has 0 fully saturated rings. The molecule has 0 bridgehead atoms. The van der Waals surface area contributed by atoms with Crippen LogP contribution in [0.25, 0.3) is 5.78 Å². The molecule has 0 spiro atoms. The fourth-order valence-electron chi connectivity index (χ4n) is 0.978. The van der Waals surface area contributed by atoms with Gasteiger partial charge in [-0.25, -0.2) is 9.97 Å². The van der Waals surface area contributed by atoms with Crippen LogP contribution >= 0.6 is 24.8 Å². The summed E-state index contributed by atoms with van der Waals surface area (Å²) in [6, 6.07) is 1.86. The van der Waals surface area contributed by atoms with Gasteiger partial charge in [-0.3, -0.25) is 4.40 Å². The third-order valence-electron chi connectivity index (χ3n) is 1.49. The second-order valence-electron chi connectivity index (χ2n) is 2.26. The quantitative estimate of drug-likeness (QED) is 0.782. The molecule has 2 rings (SSSR count). The number of imidazole rings is 1. The number of halogens is 2. The summed E-state index contributed by atoms with van der Waals surface area (Å²) in [5.41, 5.74) is 6.27. The number of rotatable bonds is 1. The lowest BCUT2D eigenvalue weighted by atomic mass is 10.5. The number of hydrogen-bond acceptors (Lipinski definition) is 3. The Morgan fingerprint density at radius 1 is 1.38 bits per heavy atom. The van der Waals surface area contributed by atoms with Crippen molar-refractivity contribution in [2.45, 2.75) is 6.54 Å². The minimum atomic E-state index is 0. The zero-order valence-corrected chi connectivity index (χ0v) is 8.38. The molecule has 2 aromatic rings. The minimum absolute atomic E-state index is 0. The van der Waals surface area contributed by atoms with E-state index in [1.165, 1.54) is 0 Å². The van der Waals surface area contributed by atoms with Gasteiger partial charge in [0.15, 0.2) is 0 Å². The van der Waals surface area contributed by atoms with Crippen molar-refractivity contribution >= 4 is 30.6 Å². The van der Waals surface area contributed by atoms with Gasteiger partial charge in [-0.2, -0.15) is 0 Å². The number of aromatic nitrogens is 3. The van der Waals surface area contributed by atoms with E-state index in [1.54, 1.807) is 6.20 Å². The van der Waals surface area contributed by atoms with Crippen LogP contribution in [0.5, 0.6) is 0 Å². The Balaban J connectivity index is 0.000000720. The van der Waals surface area contributed by atoms with E-state index in [4.69, 9.17) is 5.73 Å². The fraction of sp³-hybridized carbons (Fsp3) is 0.143. The van der Waals surface area contributed by atoms with E-state index < -0.39 is 0 Å². The van der Waals surface area contributed by atoms with Gasteiger partial charge in [-0.1, -0.05) is 0 Å². The van der Waals surface area contributed by atoms with Crippen LogP contribution in [0.3, 0.4) is 0 Å². The fourth-order valence-corrected chi connectivity index (χ4v) is 0.978. The van der Waals surface area contributed by atoms with Gasteiger partial charge < -0.3 is 5.73 Å². The van der Waals surface area contributed by atoms with E-state index in [1.807, 2.05) is 22.9 Å². The van der Waals surface area contributed by atoms with Gasteiger partial charge in [0.25, 0.3) is 0 Å². The molecule has 0 aliphatic rings. The molecule has 2 heterocycles. The summed E-state index contributed by atoms with van der Waals surface area (Å²) in [4.78, 5) is 8.20. The van der Waals surface area contributed by atoms with Gasteiger partial charge in [-0.15, -0.1) is 24.8 Å². The van der Waals surface area contributed by atoms with Crippen molar-refractivity contribution in [1.29, 1.82) is 0 Å². The molecule has 4 nitrogen and oxygen atoms in total. The first-order chi connectivity index (χ1) is 5.40. The lowest BCUT2D eigenvalue weighted by Gasteiger charge is -1.85. The second kappa shape index (κ2) is 5.01. The number of nitrogens with two attached hydrogens (primary N) is 1. The molecule has 0 aromatic carbocycles. The predicted octanol–water partition coefficient (Wildman–Crippen LogP) is 1.03. The minimum Gasteiger partial charge on any atom is -0.325 e. The Hall–Kier alpha value is -0.840. The monoisotopic (exact) mass is 220 g/mol. The second-order valence-corrected chi connectivity index (χ2v) is 2.26. The van der Waals surface area contributed by atoms with E-state index in [0.717, 1.165) is 5.69 Å². The maximum atomic E-state index is 5.41. The summed E-state index contributed by atoms with van der Waals surface area (Å²) in [6.45, 7) is 0.462. The summed E-state index contributed by atoms with van der Waals surface area (Å²) in [5, 5.41) is 0. The molecule has 0 aliphatic carbocycles. The molecule has 0 radical (unpaired) electrons. The van der Waals surface area contributed by atoms with Gasteiger partial charge in [0.1, 0.15) is 0 Å². The van der Waals surface area contributed by atoms with Gasteiger partial charge in [0.05, 0.1) is 5.69 Å². The Morgan fingerprint density at radius 2 is 2.15 bits per heavy atom. The first-order valence-electron chi connectivity index (χ1n) is 3.39. The van der Waals surface area contributed by atoms with Crippen molar-refractivity contribution in [1.82, 2.24) is 14.4 Å². The predicted molar refractivity (Wildman–Crippen MR) is 55.4 cm³/mol. The lowest BCUT2D eigenvalue weighted by Crippen LogP contribution is -1.95. The molecule has 0 unspecified atom stereocenters. The van der Waals surface area contributed by atoms with E-state index in [2.05, 4.69) is 9.97 Å². The molecule has 0 saturated heterocycles. The topological polar surface area (TPSA) is 56.2 Å². The molecular formula is C7H10Cl2N4. The van der Waals surface area contributed by atoms with Crippen LogP contribution in [0.15, 0.2) is 24.7 Å². The molecule has 0 saturated carbocycles. The average Bonchev–Trinajstić information content (AvgIpc) is 2.46. The van der Waals surface area contributed by atoms with Gasteiger partial charge in [-0.05, 0) is 6.07 Å². The van der Waals surface area contributed by atoms with Gasteiger partial charge in [0, 0.05) is 25.1 Å². The molecule has 0 atom stereocenters. The Labute approximate surface area is 88.0 Å². The molecule has 13 heavy (non-hydrogen) atoms. The maximum absolute atomic E-state index is 5.41. The highest BCUT2D eigenvalue weighted by atomic mass is 35.5. The lowest BCUT2D eigenvalue weighted by molar-refractivity contribution is 1.01. The highest BCUT2D eigenvalue weighted by Crippen LogP contribution is 1.99. The molecule has 72 valence electrons. The molecule has 6 heteroatoms. The summed E-state index contributed by atoms with van der Waals surface area (Å²) in [6.07, 6.45) is 5.49. The molecule has 2 aromatic heterocycles. The molecule has 0 amide bonds. The summed E-state index contributed by atoms with van der Waals surface area (Å²) < 4.78 is 1.85. The molecule has 2 N–H and O–H groups in total. The molecular weight excluding hydrogens is 211 g/mol. The van der Waals surface area contributed by atoms with E-state index >= 15 is 0 Å². The van der Waals surface area contributed by atoms with Crippen LogP contribution in [0.1, 0.15) is 5.69 Å². The highest BCUT2D eigenvalue weighted by molar-refractivity contribution is 5.85. The average molecular weight is 221 g/mol. The van der Waals surface area contributed by atoms with Crippen molar-refractivity contribution in [2.75, 3.05) is 0 Å². The van der Waals surface area contributed by atoms with Gasteiger partial charge >= 0.3 is 0 Å². The van der Waals surface area contributed by atoms with Crippen molar-refractivity contribution in [3.63, 3.8) is 0 Å². The number of hydrogen-bond donors (Lipinski definition) is 1. The molecule has 0 aliphatic heterocycles. The van der Waals surface area contributed by atoms with Crippen molar-refractivity contribution in [3.8, 4) is 0 Å². The normalized spacial score (nSPS) is 9.00. The SMILES string of the molecule is Cl.Cl.NCc1cn2cccnc2n1. The van der Waals surface area contributed by atoms with Crippen LogP contribution in [0.4, 0.5) is 0 Å². The van der Waals surface area contributed by atoms with Crippen LogP contribution in [-0.2, 0) is 6.54 Å². The van der Waals surface area contributed by atoms with Crippen molar-refractivity contribution in [2.24, 2.45) is 5.73 Å². The smallest absolute Gasteiger partial charge is 0.233 e. The van der Waals surface area contributed by atoms with Crippen LogP contribution in [0, 0.1) is 0 Å². The summed E-state index contributed by atoms with van der Waals surface area (Å²) >= 11 is 0. The first kappa shape index (κ1) is 12.2. The number of fused-ring (bicyclic) bond motifs is 1. The highest BCUT2D eigenvalue weighted by Gasteiger charge is 1.97. The summed E-state index contributed by atoms with van der Waals surface area (Å²) in [7, 11) is 0. The van der Waals surface area contributed by atoms with Crippen molar-refractivity contribution in [3.05, 3.63) is 30.4 Å². The zero-order chi connectivity index (χ0) is 7.68. The van der Waals surface area contributed by atoms with Crippen LogP contribution < -0.4 is 5.73 Å². The zero-order valence-electron chi connectivity index (χ0n) is 6.75. The summed E-state index contributed by atoms with van der Waals surface area (Å²) in [5.74, 6) is 0.702. The maximum Gasteiger partial charge on any atom is 0.233 e. The van der Waals surface area contributed by atoms with Crippen LogP contribution in [-0.4, -0.2) is 14.4 Å². The number of nitrogens with zero attached hydrogens (tertiary/aromatic N) is 3. The van der Waals surface area contributed by atoms with E-state index in [9.17, 15) is 0 Å². The standard InChI is InChI=1S/C7H8N4.2ClH/c8-4-6-5-11-3-1-2-9-7(11)10-6;;/h1-3,5H,4,8H2;2*1H. The first-order valence-corrected chi connectivity index (χ1v) is 3.39. The third kappa shape index (κ3) is 2.30.